The van der Waals surface area contributed by atoms with Crippen LogP contribution in [0.5, 0.6) is 17.2 Å². The lowest BCUT2D eigenvalue weighted by Crippen LogP contribution is -2.47. The normalized spacial score (nSPS) is 21.0. The van der Waals surface area contributed by atoms with Gasteiger partial charge in [-0.3, -0.25) is 19.2 Å². The molecule has 1 aliphatic heterocycles. The molecule has 9 heteroatoms. The molecule has 2 aromatic rings. The molecule has 0 aromatic heterocycles. The van der Waals surface area contributed by atoms with Crippen LogP contribution in [0.4, 0.5) is 0 Å². The van der Waals surface area contributed by atoms with Crippen molar-refractivity contribution in [1.29, 1.82) is 0 Å². The molecular formula is C24H20BrNO7. The number of phenolic OH excluding ortho intramolecular Hbond substituents is 1. The summed E-state index contributed by atoms with van der Waals surface area (Å²) < 4.78 is 12.0. The molecule has 2 N–H and O–H groups in total. The van der Waals surface area contributed by atoms with E-state index in [1.165, 1.54) is 20.1 Å². The van der Waals surface area contributed by atoms with Gasteiger partial charge in [-0.2, -0.15) is 0 Å². The predicted octanol–water partition coefficient (Wildman–Crippen LogP) is 2.98. The molecule has 0 spiro atoms. The molecule has 0 saturated carbocycles. The zero-order valence-corrected chi connectivity index (χ0v) is 19.6. The zero-order chi connectivity index (χ0) is 24.1. The van der Waals surface area contributed by atoms with Crippen LogP contribution >= 0.6 is 15.9 Å². The van der Waals surface area contributed by atoms with Gasteiger partial charge in [0.15, 0.2) is 17.3 Å². The minimum atomic E-state index is -1.60. The maximum absolute atomic E-state index is 13.3. The first-order valence-electron chi connectivity index (χ1n) is 10.1. The van der Waals surface area contributed by atoms with Gasteiger partial charge in [0, 0.05) is 23.2 Å². The maximum Gasteiger partial charge on any atom is 0.259 e. The van der Waals surface area contributed by atoms with Crippen molar-refractivity contribution in [3.63, 3.8) is 0 Å². The number of nitrogens with one attached hydrogen (secondary N) is 1. The van der Waals surface area contributed by atoms with Crippen molar-refractivity contribution in [1.82, 2.24) is 5.32 Å². The number of phenols is 1. The highest BCUT2D eigenvalue weighted by Gasteiger charge is 2.58. The molecule has 0 fully saturated rings. The van der Waals surface area contributed by atoms with Crippen molar-refractivity contribution in [2.45, 2.75) is 25.8 Å². The quantitative estimate of drug-likeness (QED) is 0.589. The molecular weight excluding hydrogens is 494 g/mol. The highest BCUT2D eigenvalue weighted by Crippen LogP contribution is 2.56. The summed E-state index contributed by atoms with van der Waals surface area (Å²) >= 11 is 3.43. The van der Waals surface area contributed by atoms with Gasteiger partial charge < -0.3 is 19.9 Å². The van der Waals surface area contributed by atoms with Crippen LogP contribution in [0.1, 0.15) is 35.3 Å². The number of methoxy groups -OCH3 is 1. The molecule has 1 unspecified atom stereocenters. The van der Waals surface area contributed by atoms with Crippen LogP contribution in [0, 0.1) is 5.92 Å². The average molecular weight is 514 g/mol. The number of hydrogen-bond acceptors (Lipinski definition) is 7. The minimum absolute atomic E-state index is 0.0179. The number of hydrogen-bond donors (Lipinski definition) is 2. The highest BCUT2D eigenvalue weighted by atomic mass is 79.9. The van der Waals surface area contributed by atoms with Gasteiger partial charge in [-0.1, -0.05) is 34.1 Å². The van der Waals surface area contributed by atoms with E-state index in [0.717, 1.165) is 23.0 Å². The predicted molar refractivity (Wildman–Crippen MR) is 120 cm³/mol. The van der Waals surface area contributed by atoms with Gasteiger partial charge in [-0.25, -0.2) is 0 Å². The van der Waals surface area contributed by atoms with Crippen LogP contribution in [0.15, 0.2) is 46.6 Å². The third kappa shape index (κ3) is 3.43. The zero-order valence-electron chi connectivity index (χ0n) is 18.0. The summed E-state index contributed by atoms with van der Waals surface area (Å²) in [6.07, 6.45) is 1.09. The van der Waals surface area contributed by atoms with Gasteiger partial charge in [0.25, 0.3) is 5.91 Å². The lowest BCUT2D eigenvalue weighted by molar-refractivity contribution is -0.140. The van der Waals surface area contributed by atoms with Crippen LogP contribution in [-0.2, 0) is 26.3 Å². The number of carbonyl (C=O) groups excluding carboxylic acids is 4. The maximum atomic E-state index is 13.3. The first-order valence-corrected chi connectivity index (χ1v) is 10.8. The average Bonchev–Trinajstić information content (AvgIpc) is 3.06. The van der Waals surface area contributed by atoms with Crippen LogP contribution in [0.25, 0.3) is 0 Å². The molecule has 2 aromatic carbocycles. The van der Waals surface area contributed by atoms with Gasteiger partial charge in [-0.05, 0) is 25.5 Å². The number of amides is 1. The van der Waals surface area contributed by atoms with E-state index in [1.54, 1.807) is 0 Å². The Balaban J connectivity index is 1.82. The number of rotatable bonds is 5. The van der Waals surface area contributed by atoms with Crippen molar-refractivity contribution in [2.24, 2.45) is 5.92 Å². The summed E-state index contributed by atoms with van der Waals surface area (Å²) in [7, 11) is 1.33. The van der Waals surface area contributed by atoms with Crippen LogP contribution in [-0.4, -0.2) is 35.5 Å². The van der Waals surface area contributed by atoms with E-state index < -0.39 is 34.6 Å². The van der Waals surface area contributed by atoms with E-state index in [9.17, 15) is 24.3 Å². The summed E-state index contributed by atoms with van der Waals surface area (Å²) in [6.45, 7) is 2.81. The number of ether oxygens (including phenoxy) is 2. The Hall–Kier alpha value is -3.46. The fraction of sp³-hybridized carbons (Fsp3) is 0.250. The Morgan fingerprint density at radius 1 is 1.27 bits per heavy atom. The Morgan fingerprint density at radius 2 is 1.97 bits per heavy atom. The first-order chi connectivity index (χ1) is 15.6. The molecule has 2 atom stereocenters. The standard InChI is InChI=1S/C24H20BrNO7/c1-11(27)18-14(28)9-17-24(2,22(18)30)20-15(29)8-16(32-3)19(21(20)33-17)23(31)26-10-12-6-4-5-7-13(12)25/h4-9,18,29H,10H2,1-3H3,(H,26,31)/t18?,24-/m1/s1. The number of ketones is 3. The fourth-order valence-corrected chi connectivity index (χ4v) is 4.68. The largest absolute Gasteiger partial charge is 0.507 e. The molecule has 1 aliphatic carbocycles. The first kappa shape index (κ1) is 22.7. The Morgan fingerprint density at radius 3 is 2.61 bits per heavy atom. The van der Waals surface area contributed by atoms with E-state index in [-0.39, 0.29) is 40.7 Å². The summed E-state index contributed by atoms with van der Waals surface area (Å²) in [4.78, 5) is 50.9. The Labute approximate surface area is 197 Å². The number of carbonyl (C=O) groups is 4. The van der Waals surface area contributed by atoms with E-state index in [1.807, 2.05) is 24.3 Å². The monoisotopic (exact) mass is 513 g/mol. The number of benzene rings is 2. The molecule has 1 amide bonds. The SMILES string of the molecule is COc1cc(O)c2c(c1C(=O)NCc1ccccc1Br)OC1=CC(=O)C(C(C)=O)C(=O)[C@]12C. The van der Waals surface area contributed by atoms with Gasteiger partial charge >= 0.3 is 0 Å². The van der Waals surface area contributed by atoms with E-state index in [2.05, 4.69) is 21.2 Å². The smallest absolute Gasteiger partial charge is 0.259 e. The van der Waals surface area contributed by atoms with Crippen molar-refractivity contribution >= 4 is 39.2 Å². The molecule has 1 heterocycles. The summed E-state index contributed by atoms with van der Waals surface area (Å²) in [5.41, 5.74) is -0.791. The summed E-state index contributed by atoms with van der Waals surface area (Å²) in [5.74, 6) is -4.53. The number of allylic oxidation sites excluding steroid dienone is 2. The lowest BCUT2D eigenvalue weighted by atomic mass is 9.67. The molecule has 2 aliphatic rings. The number of halogens is 1. The molecule has 33 heavy (non-hydrogen) atoms. The Kier molecular flexibility index (Phi) is 5.61. The number of fused-ring (bicyclic) bond motifs is 3. The highest BCUT2D eigenvalue weighted by molar-refractivity contribution is 9.10. The minimum Gasteiger partial charge on any atom is -0.507 e. The van der Waals surface area contributed by atoms with Gasteiger partial charge in [0.2, 0.25) is 0 Å². The summed E-state index contributed by atoms with van der Waals surface area (Å²) in [6, 6.07) is 8.58. The number of Topliss-reactive ketones (excluding diaryl/α,β-unsaturated/α-hetero) is 2. The second kappa shape index (κ2) is 8.15. The van der Waals surface area contributed by atoms with Gasteiger partial charge in [0.05, 0.1) is 12.7 Å². The van der Waals surface area contributed by atoms with Crippen LogP contribution < -0.4 is 14.8 Å². The molecule has 0 radical (unpaired) electrons. The third-order valence-electron chi connectivity index (χ3n) is 5.99. The summed E-state index contributed by atoms with van der Waals surface area (Å²) in [5, 5.41) is 13.5. The van der Waals surface area contributed by atoms with E-state index in [4.69, 9.17) is 9.47 Å². The molecule has 4 rings (SSSR count). The van der Waals surface area contributed by atoms with Crippen molar-refractivity contribution in [3.8, 4) is 17.2 Å². The van der Waals surface area contributed by atoms with Crippen molar-refractivity contribution in [2.75, 3.05) is 7.11 Å². The third-order valence-corrected chi connectivity index (χ3v) is 6.77. The fourth-order valence-electron chi connectivity index (χ4n) is 4.26. The van der Waals surface area contributed by atoms with E-state index >= 15 is 0 Å². The van der Waals surface area contributed by atoms with Crippen molar-refractivity contribution < 1.29 is 33.8 Å². The molecule has 170 valence electrons. The van der Waals surface area contributed by atoms with Crippen LogP contribution in [0.2, 0.25) is 0 Å². The van der Waals surface area contributed by atoms with Gasteiger partial charge in [0.1, 0.15) is 39.9 Å². The van der Waals surface area contributed by atoms with Gasteiger partial charge in [-0.15, -0.1) is 0 Å². The molecule has 0 bridgehead atoms. The Bertz CT molecular complexity index is 1270. The number of aromatic hydroxyl groups is 1. The molecule has 8 nitrogen and oxygen atoms in total. The van der Waals surface area contributed by atoms with Crippen molar-refractivity contribution in [3.05, 3.63) is 63.3 Å². The second-order valence-electron chi connectivity index (χ2n) is 8.00. The second-order valence-corrected chi connectivity index (χ2v) is 8.85. The molecule has 0 saturated heterocycles. The lowest BCUT2D eigenvalue weighted by Gasteiger charge is -2.30. The van der Waals surface area contributed by atoms with E-state index in [0.29, 0.717) is 0 Å². The van der Waals surface area contributed by atoms with Crippen LogP contribution in [0.3, 0.4) is 0 Å². The topological polar surface area (TPSA) is 119 Å².